The molecule has 1 radical (unpaired) electrons. The van der Waals surface area contributed by atoms with E-state index in [0.29, 0.717) is 0 Å². The van der Waals surface area contributed by atoms with Crippen LogP contribution in [0.3, 0.4) is 0 Å². The van der Waals surface area contributed by atoms with Crippen molar-refractivity contribution in [2.24, 2.45) is 5.73 Å². The second kappa shape index (κ2) is 6.65. The summed E-state index contributed by atoms with van der Waals surface area (Å²) < 4.78 is 0. The SMILES string of the molecule is NC(=O)NC(=O)CO.[K]. The van der Waals surface area contributed by atoms with Crippen LogP contribution >= 0.6 is 0 Å². The van der Waals surface area contributed by atoms with Crippen LogP contribution in [0.15, 0.2) is 0 Å². The van der Waals surface area contributed by atoms with Gasteiger partial charge in [0.25, 0.3) is 5.91 Å². The van der Waals surface area contributed by atoms with Gasteiger partial charge < -0.3 is 10.8 Å². The molecule has 0 atom stereocenters. The molecule has 0 aromatic heterocycles. The predicted octanol–water partition coefficient (Wildman–Crippen LogP) is -2.21. The molecule has 0 aliphatic rings. The number of hydrogen-bond donors (Lipinski definition) is 3. The first-order chi connectivity index (χ1) is 3.66. The Morgan fingerprint density at radius 3 is 2.11 bits per heavy atom. The zero-order valence-electron chi connectivity index (χ0n) is 5.05. The average Bonchev–Trinajstić information content (AvgIpc) is 1.65. The Hall–Kier alpha value is 0.536. The molecule has 0 rings (SSSR count). The standard InChI is InChI=1S/C3H6N2O3.K/c4-3(8)5-2(7)1-6;/h6H,1H2,(H3,4,5,7,8);. The van der Waals surface area contributed by atoms with Gasteiger partial charge in [-0.2, -0.15) is 0 Å². The van der Waals surface area contributed by atoms with Crippen molar-refractivity contribution in [3.63, 3.8) is 0 Å². The number of carbonyl (C=O) groups excluding carboxylic acids is 2. The number of amides is 3. The van der Waals surface area contributed by atoms with Crippen LogP contribution in [0.2, 0.25) is 0 Å². The maximum Gasteiger partial charge on any atom is 0.318 e. The molecule has 0 saturated heterocycles. The minimum atomic E-state index is -0.955. The molecule has 0 spiro atoms. The number of primary amides is 1. The van der Waals surface area contributed by atoms with Gasteiger partial charge in [0.1, 0.15) is 6.61 Å². The summed E-state index contributed by atoms with van der Waals surface area (Å²) in [7, 11) is 0. The van der Waals surface area contributed by atoms with E-state index in [0.717, 1.165) is 0 Å². The molecular weight excluding hydrogens is 151 g/mol. The van der Waals surface area contributed by atoms with Crippen molar-refractivity contribution < 1.29 is 14.7 Å². The molecule has 5 nitrogen and oxygen atoms in total. The Morgan fingerprint density at radius 1 is 1.56 bits per heavy atom. The van der Waals surface area contributed by atoms with Crippen molar-refractivity contribution in [3.05, 3.63) is 0 Å². The van der Waals surface area contributed by atoms with E-state index in [4.69, 9.17) is 5.11 Å². The van der Waals surface area contributed by atoms with Gasteiger partial charge in [-0.15, -0.1) is 0 Å². The van der Waals surface area contributed by atoms with E-state index in [1.807, 2.05) is 0 Å². The van der Waals surface area contributed by atoms with Gasteiger partial charge in [0, 0.05) is 51.4 Å². The predicted molar refractivity (Wildman–Crippen MR) is 30.6 cm³/mol. The van der Waals surface area contributed by atoms with Crippen LogP contribution in [-0.4, -0.2) is 75.0 Å². The molecule has 0 aromatic carbocycles. The number of hydrogen-bond acceptors (Lipinski definition) is 3. The number of aliphatic hydroxyl groups is 1. The second-order valence-corrected chi connectivity index (χ2v) is 1.07. The van der Waals surface area contributed by atoms with Crippen molar-refractivity contribution in [1.82, 2.24) is 5.32 Å². The number of carbonyl (C=O) groups is 2. The third-order valence-corrected chi connectivity index (χ3v) is 0.406. The summed E-state index contributed by atoms with van der Waals surface area (Å²) in [5, 5.41) is 9.61. The quantitative estimate of drug-likeness (QED) is 0.377. The average molecular weight is 157 g/mol. The van der Waals surface area contributed by atoms with Gasteiger partial charge in [0.2, 0.25) is 0 Å². The fraction of sp³-hybridized carbons (Fsp3) is 0.333. The summed E-state index contributed by atoms with van der Waals surface area (Å²) in [4.78, 5) is 19.7. The van der Waals surface area contributed by atoms with E-state index in [-0.39, 0.29) is 51.4 Å². The fourth-order valence-corrected chi connectivity index (χ4v) is 0.177. The Bertz CT molecular complexity index is 116. The van der Waals surface area contributed by atoms with Crippen LogP contribution in [0.5, 0.6) is 0 Å². The Balaban J connectivity index is 0. The number of nitrogens with one attached hydrogen (secondary N) is 1. The zero-order valence-corrected chi connectivity index (χ0v) is 8.17. The normalized spacial score (nSPS) is 7.22. The molecule has 9 heavy (non-hydrogen) atoms. The Kier molecular flexibility index (Phi) is 9.05. The molecule has 0 unspecified atom stereocenters. The molecule has 4 N–H and O–H groups in total. The molecule has 0 bridgehead atoms. The zero-order chi connectivity index (χ0) is 6.57. The van der Waals surface area contributed by atoms with Crippen LogP contribution in [0, 0.1) is 0 Å². The van der Waals surface area contributed by atoms with Crippen LogP contribution in [0.25, 0.3) is 0 Å². The monoisotopic (exact) mass is 157 g/mol. The Labute approximate surface area is 94.4 Å². The van der Waals surface area contributed by atoms with Crippen molar-refractivity contribution >= 4 is 63.3 Å². The summed E-state index contributed by atoms with van der Waals surface area (Å²) in [6.07, 6.45) is 0. The van der Waals surface area contributed by atoms with Gasteiger partial charge >= 0.3 is 6.03 Å². The molecule has 0 aromatic rings. The number of imide groups is 1. The Morgan fingerprint density at radius 2 is 2.00 bits per heavy atom. The van der Waals surface area contributed by atoms with Gasteiger partial charge in [-0.3, -0.25) is 10.1 Å². The minimum absolute atomic E-state index is 0. The summed E-state index contributed by atoms with van der Waals surface area (Å²) in [5.41, 5.74) is 4.49. The largest absolute Gasteiger partial charge is 0.387 e. The molecule has 0 aliphatic carbocycles. The minimum Gasteiger partial charge on any atom is -0.387 e. The van der Waals surface area contributed by atoms with Crippen LogP contribution in [-0.2, 0) is 4.79 Å². The summed E-state index contributed by atoms with van der Waals surface area (Å²) in [5.74, 6) is -0.794. The fourth-order valence-electron chi connectivity index (χ4n) is 0.177. The summed E-state index contributed by atoms with van der Waals surface area (Å²) in [6, 6.07) is -0.955. The van der Waals surface area contributed by atoms with Crippen LogP contribution in [0.1, 0.15) is 0 Å². The summed E-state index contributed by atoms with van der Waals surface area (Å²) >= 11 is 0. The molecule has 0 fully saturated rings. The van der Waals surface area contributed by atoms with E-state index in [1.54, 1.807) is 5.32 Å². The van der Waals surface area contributed by atoms with E-state index >= 15 is 0 Å². The number of rotatable bonds is 1. The van der Waals surface area contributed by atoms with Crippen molar-refractivity contribution in [3.8, 4) is 0 Å². The van der Waals surface area contributed by atoms with E-state index in [9.17, 15) is 9.59 Å². The van der Waals surface area contributed by atoms with Gasteiger partial charge in [0.05, 0.1) is 0 Å². The van der Waals surface area contributed by atoms with Crippen molar-refractivity contribution in [2.45, 2.75) is 0 Å². The first-order valence-electron chi connectivity index (χ1n) is 1.87. The van der Waals surface area contributed by atoms with E-state index in [1.165, 1.54) is 0 Å². The van der Waals surface area contributed by atoms with Gasteiger partial charge in [0.15, 0.2) is 0 Å². The second-order valence-electron chi connectivity index (χ2n) is 1.07. The van der Waals surface area contributed by atoms with Crippen molar-refractivity contribution in [1.29, 1.82) is 0 Å². The van der Waals surface area contributed by atoms with Crippen LogP contribution < -0.4 is 11.1 Å². The number of aliphatic hydroxyl groups excluding tert-OH is 1. The van der Waals surface area contributed by atoms with E-state index in [2.05, 4.69) is 5.73 Å². The van der Waals surface area contributed by atoms with Crippen LogP contribution in [0.4, 0.5) is 4.79 Å². The smallest absolute Gasteiger partial charge is 0.318 e. The third kappa shape index (κ3) is 8.54. The maximum absolute atomic E-state index is 9.96. The van der Waals surface area contributed by atoms with Crippen molar-refractivity contribution in [2.75, 3.05) is 6.61 Å². The summed E-state index contributed by atoms with van der Waals surface area (Å²) in [6.45, 7) is -0.719. The molecule has 6 heteroatoms. The van der Waals surface area contributed by atoms with Gasteiger partial charge in [-0.05, 0) is 0 Å². The molecule has 3 amide bonds. The first kappa shape index (κ1) is 12.2. The van der Waals surface area contributed by atoms with Gasteiger partial charge in [-0.1, -0.05) is 0 Å². The topological polar surface area (TPSA) is 92.4 Å². The maximum atomic E-state index is 9.96. The molecule has 0 aliphatic heterocycles. The first-order valence-corrected chi connectivity index (χ1v) is 1.87. The molecule has 0 heterocycles. The number of urea groups is 1. The van der Waals surface area contributed by atoms with E-state index < -0.39 is 18.5 Å². The van der Waals surface area contributed by atoms with Gasteiger partial charge in [-0.25, -0.2) is 4.79 Å². The number of nitrogens with two attached hydrogens (primary N) is 1. The third-order valence-electron chi connectivity index (χ3n) is 0.406. The molecular formula is C3H6KN2O3. The molecule has 0 saturated carbocycles. The molecule has 47 valence electrons.